The highest BCUT2D eigenvalue weighted by atomic mass is 16.5. The van der Waals surface area contributed by atoms with Crippen LogP contribution in [0.1, 0.15) is 26.3 Å². The molecule has 102 valence electrons. The summed E-state index contributed by atoms with van der Waals surface area (Å²) in [7, 11) is 0. The number of carbonyl (C=O) groups is 2. The largest absolute Gasteiger partial charge is 0.427 e. The van der Waals surface area contributed by atoms with Gasteiger partial charge in [0.2, 0.25) is 5.91 Å². The second-order valence-electron chi connectivity index (χ2n) is 5.25. The van der Waals surface area contributed by atoms with Crippen molar-refractivity contribution in [1.82, 2.24) is 10.6 Å². The summed E-state index contributed by atoms with van der Waals surface area (Å²) in [5.41, 5.74) is 0.653. The number of hydrogen-bond donors (Lipinski definition) is 2. The molecule has 5 nitrogen and oxygen atoms in total. The predicted molar refractivity (Wildman–Crippen MR) is 70.6 cm³/mol. The molecule has 1 atom stereocenters. The molecule has 1 aliphatic heterocycles. The lowest BCUT2D eigenvalue weighted by Gasteiger charge is -2.18. The van der Waals surface area contributed by atoms with Crippen LogP contribution in [0.15, 0.2) is 24.3 Å². The van der Waals surface area contributed by atoms with E-state index < -0.39 is 0 Å². The Morgan fingerprint density at radius 3 is 2.42 bits per heavy atom. The van der Waals surface area contributed by atoms with Crippen LogP contribution in [0, 0.1) is 0 Å². The van der Waals surface area contributed by atoms with Crippen LogP contribution in [0.25, 0.3) is 0 Å². The van der Waals surface area contributed by atoms with Crippen molar-refractivity contribution >= 4 is 11.9 Å². The van der Waals surface area contributed by atoms with Crippen molar-refractivity contribution in [1.29, 1.82) is 0 Å². The number of carbonyl (C=O) groups excluding carboxylic acids is 2. The number of hydrogen-bond acceptors (Lipinski definition) is 4. The number of esters is 1. The maximum atomic E-state index is 11.8. The van der Waals surface area contributed by atoms with Gasteiger partial charge in [0.15, 0.2) is 0 Å². The second-order valence-corrected chi connectivity index (χ2v) is 5.25. The second kappa shape index (κ2) is 5.01. The van der Waals surface area contributed by atoms with Crippen molar-refractivity contribution in [3.05, 3.63) is 29.8 Å². The Kier molecular flexibility index (Phi) is 3.57. The lowest BCUT2D eigenvalue weighted by molar-refractivity contribution is -0.131. The van der Waals surface area contributed by atoms with Crippen LogP contribution in [0.2, 0.25) is 0 Å². The van der Waals surface area contributed by atoms with Gasteiger partial charge in [-0.2, -0.15) is 0 Å². The monoisotopic (exact) mass is 262 g/mol. The maximum Gasteiger partial charge on any atom is 0.308 e. The van der Waals surface area contributed by atoms with E-state index in [4.69, 9.17) is 4.74 Å². The average Bonchev–Trinajstić information content (AvgIpc) is 2.54. The Morgan fingerprint density at radius 2 is 1.95 bits per heavy atom. The Hall–Kier alpha value is -1.88. The molecule has 1 heterocycles. The van der Waals surface area contributed by atoms with Crippen molar-refractivity contribution in [3.8, 4) is 5.75 Å². The van der Waals surface area contributed by atoms with E-state index in [-0.39, 0.29) is 23.6 Å². The van der Waals surface area contributed by atoms with Crippen molar-refractivity contribution in [2.75, 3.05) is 0 Å². The number of benzene rings is 1. The molecule has 0 unspecified atom stereocenters. The van der Waals surface area contributed by atoms with Crippen LogP contribution >= 0.6 is 0 Å². The summed E-state index contributed by atoms with van der Waals surface area (Å²) in [6.45, 7) is 5.21. The van der Waals surface area contributed by atoms with Gasteiger partial charge in [-0.25, -0.2) is 0 Å². The highest BCUT2D eigenvalue weighted by Crippen LogP contribution is 2.16. The summed E-state index contributed by atoms with van der Waals surface area (Å²) < 4.78 is 4.96. The molecule has 1 aromatic carbocycles. The molecule has 19 heavy (non-hydrogen) atoms. The summed E-state index contributed by atoms with van der Waals surface area (Å²) >= 11 is 0. The minimum atomic E-state index is -0.362. The molecule has 2 N–H and O–H groups in total. The van der Waals surface area contributed by atoms with Crippen LogP contribution in [0.3, 0.4) is 0 Å². The van der Waals surface area contributed by atoms with Gasteiger partial charge < -0.3 is 10.1 Å². The molecule has 1 amide bonds. The van der Waals surface area contributed by atoms with Gasteiger partial charge in [-0.1, -0.05) is 12.1 Å². The van der Waals surface area contributed by atoms with E-state index in [0.717, 1.165) is 5.56 Å². The number of ether oxygens (including phenoxy) is 1. The van der Waals surface area contributed by atoms with Gasteiger partial charge >= 0.3 is 5.97 Å². The highest BCUT2D eigenvalue weighted by molar-refractivity contribution is 5.85. The minimum absolute atomic E-state index is 0.00839. The fourth-order valence-electron chi connectivity index (χ4n) is 2.17. The minimum Gasteiger partial charge on any atom is -0.427 e. The van der Waals surface area contributed by atoms with Gasteiger partial charge in [-0.15, -0.1) is 0 Å². The molecular formula is C14H18N2O3. The molecule has 0 bridgehead atoms. The maximum absolute atomic E-state index is 11.8. The van der Waals surface area contributed by atoms with Crippen LogP contribution < -0.4 is 15.4 Å². The zero-order chi connectivity index (χ0) is 14.0. The molecular weight excluding hydrogens is 244 g/mol. The van der Waals surface area contributed by atoms with E-state index in [1.165, 1.54) is 6.92 Å². The molecule has 1 aliphatic rings. The van der Waals surface area contributed by atoms with Gasteiger partial charge in [-0.3, -0.25) is 14.9 Å². The van der Waals surface area contributed by atoms with E-state index in [0.29, 0.717) is 12.2 Å². The first-order valence-electron chi connectivity index (χ1n) is 6.23. The summed E-state index contributed by atoms with van der Waals surface area (Å²) in [6.07, 6.45) is 0.607. The molecule has 0 spiro atoms. The smallest absolute Gasteiger partial charge is 0.308 e. The molecule has 1 fully saturated rings. The van der Waals surface area contributed by atoms with Crippen LogP contribution in [-0.2, 0) is 16.0 Å². The van der Waals surface area contributed by atoms with Crippen molar-refractivity contribution in [2.24, 2.45) is 0 Å². The third-order valence-corrected chi connectivity index (χ3v) is 2.91. The molecule has 1 aromatic rings. The Morgan fingerprint density at radius 1 is 1.32 bits per heavy atom. The summed E-state index contributed by atoms with van der Waals surface area (Å²) in [4.78, 5) is 22.6. The van der Waals surface area contributed by atoms with Gasteiger partial charge in [0.1, 0.15) is 5.75 Å². The van der Waals surface area contributed by atoms with E-state index >= 15 is 0 Å². The first-order chi connectivity index (χ1) is 8.85. The van der Waals surface area contributed by atoms with Gasteiger partial charge in [0.25, 0.3) is 0 Å². The fraction of sp³-hybridized carbons (Fsp3) is 0.429. The van der Waals surface area contributed by atoms with E-state index in [1.807, 2.05) is 26.0 Å². The van der Waals surface area contributed by atoms with Gasteiger partial charge in [0.05, 0.1) is 11.7 Å². The first kappa shape index (κ1) is 13.5. The SMILES string of the molecule is CC(=O)Oc1ccc(C[C@@H]2NC(C)(C)NC2=O)cc1. The number of rotatable bonds is 3. The number of amides is 1. The highest BCUT2D eigenvalue weighted by Gasteiger charge is 2.36. The van der Waals surface area contributed by atoms with Gasteiger partial charge in [0, 0.05) is 6.92 Å². The van der Waals surface area contributed by atoms with E-state index in [2.05, 4.69) is 10.6 Å². The molecule has 0 saturated carbocycles. The summed E-state index contributed by atoms with van der Waals surface area (Å²) in [5, 5.41) is 6.11. The molecule has 0 radical (unpaired) electrons. The molecule has 0 aromatic heterocycles. The molecule has 2 rings (SSSR count). The summed E-state index contributed by atoms with van der Waals surface area (Å²) in [5.74, 6) is 0.181. The third kappa shape index (κ3) is 3.54. The lowest BCUT2D eigenvalue weighted by atomic mass is 10.1. The first-order valence-corrected chi connectivity index (χ1v) is 6.23. The average molecular weight is 262 g/mol. The topological polar surface area (TPSA) is 67.4 Å². The molecule has 0 aliphatic carbocycles. The van der Waals surface area contributed by atoms with Crippen molar-refractivity contribution in [2.45, 2.75) is 38.9 Å². The van der Waals surface area contributed by atoms with Crippen LogP contribution in [-0.4, -0.2) is 23.6 Å². The van der Waals surface area contributed by atoms with Crippen molar-refractivity contribution in [3.63, 3.8) is 0 Å². The van der Waals surface area contributed by atoms with Crippen molar-refractivity contribution < 1.29 is 14.3 Å². The Labute approximate surface area is 112 Å². The van der Waals surface area contributed by atoms with Crippen LogP contribution in [0.5, 0.6) is 5.75 Å². The van der Waals surface area contributed by atoms with E-state index in [1.54, 1.807) is 12.1 Å². The lowest BCUT2D eigenvalue weighted by Crippen LogP contribution is -2.44. The van der Waals surface area contributed by atoms with E-state index in [9.17, 15) is 9.59 Å². The van der Waals surface area contributed by atoms with Crippen LogP contribution in [0.4, 0.5) is 0 Å². The molecule has 5 heteroatoms. The standard InChI is InChI=1S/C14H18N2O3/c1-9(17)19-11-6-4-10(5-7-11)8-12-13(18)16-14(2,3)15-12/h4-7,12,15H,8H2,1-3H3,(H,16,18)/t12-/m0/s1. The molecule has 1 saturated heterocycles. The zero-order valence-corrected chi connectivity index (χ0v) is 11.3. The van der Waals surface area contributed by atoms with Gasteiger partial charge in [-0.05, 0) is 38.0 Å². The fourth-order valence-corrected chi connectivity index (χ4v) is 2.17. The zero-order valence-electron chi connectivity index (χ0n) is 11.3. The normalized spacial score (nSPS) is 21.0. The number of nitrogens with one attached hydrogen (secondary N) is 2. The summed E-state index contributed by atoms with van der Waals surface area (Å²) in [6, 6.07) is 6.95. The Bertz CT molecular complexity index is 494. The third-order valence-electron chi connectivity index (χ3n) is 2.91. The predicted octanol–water partition coefficient (Wildman–Crippen LogP) is 0.978. The Balaban J connectivity index is 2.00. The quantitative estimate of drug-likeness (QED) is 0.629.